The molecule has 0 radical (unpaired) electrons. The molecule has 4 aromatic heterocycles. The third-order valence-electron chi connectivity index (χ3n) is 10.1. The fraction of sp³-hybridized carbons (Fsp3) is 0.300. The van der Waals surface area contributed by atoms with Crippen molar-refractivity contribution in [2.75, 3.05) is 10.6 Å². The molecule has 282 valence electrons. The van der Waals surface area contributed by atoms with Crippen LogP contribution in [0.25, 0.3) is 44.3 Å². The van der Waals surface area contributed by atoms with Crippen molar-refractivity contribution in [3.63, 3.8) is 0 Å². The molecular weight excluding hydrogens is 741 g/mol. The number of aryl methyl sites for hydroxylation is 2. The molecule has 15 heteroatoms. The van der Waals surface area contributed by atoms with Gasteiger partial charge in [-0.15, -0.1) is 0 Å². The number of halogens is 2. The van der Waals surface area contributed by atoms with E-state index in [1.807, 2.05) is 36.4 Å². The lowest BCUT2D eigenvalue weighted by molar-refractivity contribution is -0.120. The second kappa shape index (κ2) is 16.4. The highest BCUT2D eigenvalue weighted by atomic mass is 35.5. The molecule has 0 amide bonds. The van der Waals surface area contributed by atoms with Crippen LogP contribution in [0.15, 0.2) is 87.8 Å². The third-order valence-corrected chi connectivity index (χ3v) is 10.8. The van der Waals surface area contributed by atoms with Gasteiger partial charge in [0.2, 0.25) is 11.9 Å². The maximum Gasteiger partial charge on any atom is 0.259 e. The molecule has 2 aliphatic rings. The van der Waals surface area contributed by atoms with Gasteiger partial charge in [0.25, 0.3) is 11.1 Å². The Morgan fingerprint density at radius 2 is 1.07 bits per heavy atom. The number of oxime groups is 1. The van der Waals surface area contributed by atoms with E-state index in [-0.39, 0.29) is 23.2 Å². The van der Waals surface area contributed by atoms with Gasteiger partial charge in [-0.1, -0.05) is 64.8 Å². The number of carbonyl (C=O) groups excluding carboxylic acids is 1. The summed E-state index contributed by atoms with van der Waals surface area (Å²) in [5, 5.41) is 21.4. The van der Waals surface area contributed by atoms with E-state index in [0.29, 0.717) is 74.1 Å². The van der Waals surface area contributed by atoms with Crippen LogP contribution in [-0.4, -0.2) is 57.9 Å². The topological polar surface area (TPSA) is 169 Å². The number of benzene rings is 2. The van der Waals surface area contributed by atoms with Crippen molar-refractivity contribution in [2.24, 2.45) is 19.3 Å². The first kappa shape index (κ1) is 37.6. The summed E-state index contributed by atoms with van der Waals surface area (Å²) < 4.78 is 3.05. The van der Waals surface area contributed by atoms with Crippen LogP contribution >= 0.6 is 23.2 Å². The average Bonchev–Trinajstić information content (AvgIpc) is 3.20. The molecule has 0 saturated heterocycles. The van der Waals surface area contributed by atoms with Gasteiger partial charge in [0.05, 0.1) is 5.71 Å². The summed E-state index contributed by atoms with van der Waals surface area (Å²) in [6.07, 6.45) is 9.37. The lowest BCUT2D eigenvalue weighted by Crippen LogP contribution is -2.27. The molecule has 2 aromatic carbocycles. The predicted octanol–water partition coefficient (Wildman–Crippen LogP) is 7.41. The zero-order valence-electron chi connectivity index (χ0n) is 30.3. The number of hydrogen-bond donors (Lipinski definition) is 3. The Morgan fingerprint density at radius 1 is 0.655 bits per heavy atom. The van der Waals surface area contributed by atoms with Crippen molar-refractivity contribution in [3.8, 4) is 22.3 Å². The van der Waals surface area contributed by atoms with Gasteiger partial charge in [0, 0.05) is 94.5 Å². The summed E-state index contributed by atoms with van der Waals surface area (Å²) in [5.74, 6) is 1.27. The highest BCUT2D eigenvalue weighted by Gasteiger charge is 2.21. The van der Waals surface area contributed by atoms with Crippen LogP contribution in [0.4, 0.5) is 11.9 Å². The number of nitrogens with one attached hydrogen (secondary N) is 2. The highest BCUT2D eigenvalue weighted by Crippen LogP contribution is 2.29. The fourth-order valence-electron chi connectivity index (χ4n) is 7.02. The van der Waals surface area contributed by atoms with Crippen LogP contribution < -0.4 is 21.8 Å². The number of aromatic nitrogens is 6. The minimum absolute atomic E-state index is 0.160. The number of pyridine rings is 2. The van der Waals surface area contributed by atoms with Crippen molar-refractivity contribution >= 4 is 68.7 Å². The number of nitrogens with zero attached hydrogens (tertiary/aromatic N) is 7. The second-order valence-electron chi connectivity index (χ2n) is 13.8. The zero-order valence-corrected chi connectivity index (χ0v) is 31.8. The molecule has 0 spiro atoms. The molecule has 8 rings (SSSR count). The summed E-state index contributed by atoms with van der Waals surface area (Å²) >= 11 is 12.5. The summed E-state index contributed by atoms with van der Waals surface area (Å²) in [6, 6.07) is 18.5. The molecule has 2 saturated carbocycles. The molecule has 0 bridgehead atoms. The summed E-state index contributed by atoms with van der Waals surface area (Å²) in [5.41, 5.74) is 4.04. The largest absolute Gasteiger partial charge is 0.411 e. The molecule has 2 aliphatic carbocycles. The molecule has 0 atom stereocenters. The van der Waals surface area contributed by atoms with Crippen molar-refractivity contribution < 1.29 is 10.0 Å². The Labute approximate surface area is 326 Å². The zero-order chi connectivity index (χ0) is 38.6. The summed E-state index contributed by atoms with van der Waals surface area (Å²) in [4.78, 5) is 55.0. The number of Topliss-reactive ketones (excluding diaryl/α,β-unsaturated/α-hetero) is 1. The van der Waals surface area contributed by atoms with Crippen molar-refractivity contribution in [2.45, 2.75) is 63.5 Å². The predicted molar refractivity (Wildman–Crippen MR) is 216 cm³/mol. The van der Waals surface area contributed by atoms with Crippen LogP contribution in [0, 0.1) is 0 Å². The van der Waals surface area contributed by atoms with Crippen LogP contribution in [0.5, 0.6) is 0 Å². The van der Waals surface area contributed by atoms with E-state index in [4.69, 9.17) is 28.4 Å². The van der Waals surface area contributed by atoms with Gasteiger partial charge >= 0.3 is 0 Å². The first-order chi connectivity index (χ1) is 26.6. The van der Waals surface area contributed by atoms with E-state index in [1.54, 1.807) is 50.8 Å². The molecule has 55 heavy (non-hydrogen) atoms. The summed E-state index contributed by atoms with van der Waals surface area (Å²) in [6.45, 7) is 0. The van der Waals surface area contributed by atoms with Gasteiger partial charge in [0.1, 0.15) is 17.1 Å². The maximum absolute atomic E-state index is 12.9. The van der Waals surface area contributed by atoms with Crippen LogP contribution in [-0.2, 0) is 18.9 Å². The minimum atomic E-state index is -0.163. The Morgan fingerprint density at radius 3 is 1.49 bits per heavy atom. The number of carbonyl (C=O) groups is 1. The third kappa shape index (κ3) is 8.23. The molecular formula is C40H39Cl2N9O4. The quantitative estimate of drug-likeness (QED) is 0.114. The van der Waals surface area contributed by atoms with Crippen LogP contribution in [0.1, 0.15) is 51.4 Å². The first-order valence-corrected chi connectivity index (χ1v) is 18.8. The molecule has 0 unspecified atom stereocenters. The molecule has 4 heterocycles. The molecule has 0 aliphatic heterocycles. The number of fused-ring (bicyclic) bond motifs is 2. The van der Waals surface area contributed by atoms with Gasteiger partial charge in [-0.05, 0) is 62.8 Å². The normalized spacial score (nSPS) is 16.1. The average molecular weight is 781 g/mol. The van der Waals surface area contributed by atoms with Gasteiger partial charge in [0.15, 0.2) is 0 Å². The smallest absolute Gasteiger partial charge is 0.259 e. The van der Waals surface area contributed by atoms with Crippen molar-refractivity contribution in [1.29, 1.82) is 0 Å². The lowest BCUT2D eigenvalue weighted by atomic mass is 9.94. The van der Waals surface area contributed by atoms with Crippen LogP contribution in [0.3, 0.4) is 0 Å². The molecule has 2 fully saturated rings. The van der Waals surface area contributed by atoms with Gasteiger partial charge in [-0.25, -0.2) is 9.97 Å². The van der Waals surface area contributed by atoms with Crippen LogP contribution in [0.2, 0.25) is 10.0 Å². The van der Waals surface area contributed by atoms with E-state index >= 15 is 0 Å². The van der Waals surface area contributed by atoms with Gasteiger partial charge < -0.3 is 15.8 Å². The van der Waals surface area contributed by atoms with E-state index in [9.17, 15) is 14.4 Å². The van der Waals surface area contributed by atoms with Gasteiger partial charge in [-0.2, -0.15) is 9.97 Å². The Hall–Kier alpha value is -5.66. The molecule has 13 nitrogen and oxygen atoms in total. The number of anilines is 2. The number of ketones is 1. The standard InChI is InChI=1S/C20H20ClN5O2.C20H19ClN4O2/c1-26-18-12(10-16(19(26)27)15-4-2-3-5-17(15)21)11-22-20(24-18)23-13-6-8-14(25-28)9-7-13;1-25-18-12(10-16(19(25)27)15-4-2-3-5-17(15)21)11-22-20(24-18)23-13-6-8-14(26)9-7-13/h2-5,10-11,13,28H,6-9H2,1H3,(H,22,23,24);2-5,10-11,13H,6-9H2,1H3,(H,22,23,24). The molecule has 3 N–H and O–H groups in total. The first-order valence-electron chi connectivity index (χ1n) is 18.1. The Balaban J connectivity index is 0.000000169. The second-order valence-corrected chi connectivity index (χ2v) is 14.6. The summed E-state index contributed by atoms with van der Waals surface area (Å²) in [7, 11) is 3.40. The Bertz CT molecular complexity index is 2550. The van der Waals surface area contributed by atoms with E-state index in [0.717, 1.165) is 55.0 Å². The van der Waals surface area contributed by atoms with E-state index in [2.05, 4.69) is 35.7 Å². The lowest BCUT2D eigenvalue weighted by Gasteiger charge is -2.23. The fourth-order valence-corrected chi connectivity index (χ4v) is 7.50. The monoisotopic (exact) mass is 779 g/mol. The number of hydrogen-bond acceptors (Lipinski definition) is 11. The van der Waals surface area contributed by atoms with E-state index in [1.165, 1.54) is 9.13 Å². The maximum atomic E-state index is 12.9. The van der Waals surface area contributed by atoms with Gasteiger partial charge in [-0.3, -0.25) is 23.5 Å². The SMILES string of the molecule is Cn1c(=O)c(-c2ccccc2Cl)cc2cnc(NC3CCC(=NO)CC3)nc21.Cn1c(=O)c(-c2ccccc2Cl)cc2cnc(NC3CCC(=O)CC3)nc21. The molecule has 6 aromatic rings. The Kier molecular flexibility index (Phi) is 11.2. The number of rotatable bonds is 6. The van der Waals surface area contributed by atoms with Crippen molar-refractivity contribution in [1.82, 2.24) is 29.1 Å². The highest BCUT2D eigenvalue weighted by molar-refractivity contribution is 6.33. The minimum Gasteiger partial charge on any atom is -0.411 e. The van der Waals surface area contributed by atoms with E-state index < -0.39 is 0 Å². The van der Waals surface area contributed by atoms with Crippen molar-refractivity contribution in [3.05, 3.63) is 104 Å².